The van der Waals surface area contributed by atoms with Crippen LogP contribution in [0.4, 0.5) is 5.69 Å². The number of carbonyl (C=O) groups is 1. The minimum Gasteiger partial charge on any atom is -0.493 e. The molecule has 4 rings (SSSR count). The number of aromatic nitrogens is 1. The first kappa shape index (κ1) is 24.5. The SMILES string of the molecule is COc1cc2nccc(Oc3ccc(NC(=S)NC(=O)c4ccc(Cl)c(Cl)c4)cc3)c2cc1OC. The van der Waals surface area contributed by atoms with Gasteiger partial charge in [0.15, 0.2) is 16.6 Å². The van der Waals surface area contributed by atoms with Gasteiger partial charge in [-0.1, -0.05) is 23.2 Å². The van der Waals surface area contributed by atoms with Gasteiger partial charge in [0.1, 0.15) is 11.5 Å². The Morgan fingerprint density at radius 2 is 1.60 bits per heavy atom. The number of carbonyl (C=O) groups excluding carboxylic acids is 1. The normalized spacial score (nSPS) is 10.5. The molecule has 1 heterocycles. The highest BCUT2D eigenvalue weighted by Crippen LogP contribution is 2.37. The fourth-order valence-corrected chi connectivity index (χ4v) is 3.75. The Morgan fingerprint density at radius 3 is 2.29 bits per heavy atom. The van der Waals surface area contributed by atoms with Crippen molar-refractivity contribution in [2.45, 2.75) is 0 Å². The molecular weight excluding hydrogens is 509 g/mol. The predicted molar refractivity (Wildman–Crippen MR) is 142 cm³/mol. The van der Waals surface area contributed by atoms with Crippen molar-refractivity contribution < 1.29 is 19.0 Å². The molecule has 0 bridgehead atoms. The van der Waals surface area contributed by atoms with E-state index in [1.807, 2.05) is 6.07 Å². The molecule has 1 aromatic heterocycles. The lowest BCUT2D eigenvalue weighted by Gasteiger charge is -2.13. The second-order valence-electron chi connectivity index (χ2n) is 7.20. The Bertz CT molecular complexity index is 1410. The van der Waals surface area contributed by atoms with Crippen LogP contribution in [0.5, 0.6) is 23.0 Å². The highest BCUT2D eigenvalue weighted by Gasteiger charge is 2.12. The number of hydrogen-bond acceptors (Lipinski definition) is 6. The lowest BCUT2D eigenvalue weighted by molar-refractivity contribution is 0.0977. The molecule has 0 saturated heterocycles. The van der Waals surface area contributed by atoms with E-state index in [-0.39, 0.29) is 10.1 Å². The van der Waals surface area contributed by atoms with E-state index in [2.05, 4.69) is 15.6 Å². The van der Waals surface area contributed by atoms with E-state index >= 15 is 0 Å². The van der Waals surface area contributed by atoms with Crippen molar-refractivity contribution in [1.82, 2.24) is 10.3 Å². The summed E-state index contributed by atoms with van der Waals surface area (Å²) < 4.78 is 16.8. The molecule has 0 fully saturated rings. The maximum absolute atomic E-state index is 12.4. The van der Waals surface area contributed by atoms with Gasteiger partial charge in [0.05, 0.1) is 29.8 Å². The quantitative estimate of drug-likeness (QED) is 0.277. The Morgan fingerprint density at radius 1 is 0.886 bits per heavy atom. The number of methoxy groups -OCH3 is 2. The van der Waals surface area contributed by atoms with E-state index in [1.54, 1.807) is 68.9 Å². The molecule has 3 aromatic carbocycles. The summed E-state index contributed by atoms with van der Waals surface area (Å²) in [5.74, 6) is 1.97. The summed E-state index contributed by atoms with van der Waals surface area (Å²) in [4.78, 5) is 16.8. The van der Waals surface area contributed by atoms with Crippen LogP contribution in [0.15, 0.2) is 66.9 Å². The molecular formula is C25H19Cl2N3O4S. The van der Waals surface area contributed by atoms with Crippen LogP contribution in [0.2, 0.25) is 10.0 Å². The van der Waals surface area contributed by atoms with Gasteiger partial charge < -0.3 is 19.5 Å². The molecule has 0 unspecified atom stereocenters. The van der Waals surface area contributed by atoms with Gasteiger partial charge in [-0.2, -0.15) is 0 Å². The molecule has 0 aliphatic heterocycles. The Kier molecular flexibility index (Phi) is 7.55. The zero-order chi connectivity index (χ0) is 24.9. The zero-order valence-electron chi connectivity index (χ0n) is 18.6. The van der Waals surface area contributed by atoms with Gasteiger partial charge in [-0.15, -0.1) is 0 Å². The molecule has 0 saturated carbocycles. The molecule has 0 radical (unpaired) electrons. The Labute approximate surface area is 216 Å². The topological polar surface area (TPSA) is 81.7 Å². The largest absolute Gasteiger partial charge is 0.493 e. The number of benzene rings is 3. The van der Waals surface area contributed by atoms with Crippen LogP contribution in [-0.2, 0) is 0 Å². The monoisotopic (exact) mass is 527 g/mol. The van der Waals surface area contributed by atoms with Crippen LogP contribution >= 0.6 is 35.4 Å². The first-order chi connectivity index (χ1) is 16.9. The Balaban J connectivity index is 1.44. The second kappa shape index (κ2) is 10.8. The number of rotatable bonds is 6. The lowest BCUT2D eigenvalue weighted by atomic mass is 10.2. The number of pyridine rings is 1. The third-order valence-electron chi connectivity index (χ3n) is 4.96. The highest BCUT2D eigenvalue weighted by atomic mass is 35.5. The maximum Gasteiger partial charge on any atom is 0.257 e. The minimum atomic E-state index is -0.405. The molecule has 178 valence electrons. The van der Waals surface area contributed by atoms with Crippen molar-refractivity contribution in [3.63, 3.8) is 0 Å². The van der Waals surface area contributed by atoms with Crippen molar-refractivity contribution in [2.24, 2.45) is 0 Å². The van der Waals surface area contributed by atoms with Crippen LogP contribution in [-0.4, -0.2) is 30.2 Å². The summed E-state index contributed by atoms with van der Waals surface area (Å²) in [7, 11) is 3.15. The zero-order valence-corrected chi connectivity index (χ0v) is 20.9. The fraction of sp³-hybridized carbons (Fsp3) is 0.0800. The summed E-state index contributed by atoms with van der Waals surface area (Å²) in [6, 6.07) is 17.1. The molecule has 0 spiro atoms. The van der Waals surface area contributed by atoms with E-state index in [4.69, 9.17) is 49.6 Å². The standard InChI is InChI=1S/C25H19Cl2N3O4S/c1-32-22-12-17-20(13-23(22)33-2)28-10-9-21(17)34-16-6-4-15(5-7-16)29-25(35)30-24(31)14-3-8-18(26)19(27)11-14/h3-13H,1-2H3,(H2,29,30,31,35). The molecule has 0 aliphatic rings. The summed E-state index contributed by atoms with van der Waals surface area (Å²) in [5, 5.41) is 7.13. The molecule has 1 amide bonds. The van der Waals surface area contributed by atoms with Crippen LogP contribution in [0.1, 0.15) is 10.4 Å². The van der Waals surface area contributed by atoms with Crippen molar-refractivity contribution in [1.29, 1.82) is 0 Å². The molecule has 35 heavy (non-hydrogen) atoms. The van der Waals surface area contributed by atoms with Gasteiger partial charge in [-0.25, -0.2) is 0 Å². The average molecular weight is 528 g/mol. The van der Waals surface area contributed by atoms with Crippen LogP contribution in [0.25, 0.3) is 10.9 Å². The first-order valence-electron chi connectivity index (χ1n) is 10.2. The number of nitrogens with one attached hydrogen (secondary N) is 2. The number of fused-ring (bicyclic) bond motifs is 1. The number of hydrogen-bond donors (Lipinski definition) is 2. The number of amides is 1. The van der Waals surface area contributed by atoms with Crippen molar-refractivity contribution in [2.75, 3.05) is 19.5 Å². The summed E-state index contributed by atoms with van der Waals surface area (Å²) in [5.41, 5.74) is 1.72. The van der Waals surface area contributed by atoms with E-state index < -0.39 is 5.91 Å². The molecule has 0 aliphatic carbocycles. The van der Waals surface area contributed by atoms with Gasteiger partial charge >= 0.3 is 0 Å². The number of halogens is 2. The van der Waals surface area contributed by atoms with Crippen LogP contribution in [0, 0.1) is 0 Å². The average Bonchev–Trinajstić information content (AvgIpc) is 2.86. The number of anilines is 1. The third-order valence-corrected chi connectivity index (χ3v) is 5.90. The van der Waals surface area contributed by atoms with Crippen molar-refractivity contribution >= 4 is 63.0 Å². The highest BCUT2D eigenvalue weighted by molar-refractivity contribution is 7.80. The molecule has 0 atom stereocenters. The molecule has 10 heteroatoms. The van der Waals surface area contributed by atoms with Gasteiger partial charge in [-0.3, -0.25) is 15.1 Å². The third kappa shape index (κ3) is 5.74. The molecule has 4 aromatic rings. The van der Waals surface area contributed by atoms with Gasteiger partial charge in [0.25, 0.3) is 5.91 Å². The van der Waals surface area contributed by atoms with Gasteiger partial charge in [0, 0.05) is 28.9 Å². The van der Waals surface area contributed by atoms with E-state index in [0.717, 1.165) is 5.39 Å². The van der Waals surface area contributed by atoms with Crippen molar-refractivity contribution in [3.8, 4) is 23.0 Å². The van der Waals surface area contributed by atoms with Gasteiger partial charge in [-0.05, 0) is 66.8 Å². The summed E-state index contributed by atoms with van der Waals surface area (Å²) in [6.45, 7) is 0. The predicted octanol–water partition coefficient (Wildman–Crippen LogP) is 6.48. The number of thiocarbonyl (C=S) groups is 1. The van der Waals surface area contributed by atoms with E-state index in [9.17, 15) is 4.79 Å². The smallest absolute Gasteiger partial charge is 0.257 e. The first-order valence-corrected chi connectivity index (χ1v) is 11.4. The van der Waals surface area contributed by atoms with Crippen LogP contribution in [0.3, 0.4) is 0 Å². The van der Waals surface area contributed by atoms with E-state index in [0.29, 0.717) is 44.8 Å². The fourth-order valence-electron chi connectivity index (χ4n) is 3.24. The lowest BCUT2D eigenvalue weighted by Crippen LogP contribution is -2.34. The Hall–Kier alpha value is -3.59. The number of nitrogens with zero attached hydrogens (tertiary/aromatic N) is 1. The van der Waals surface area contributed by atoms with Crippen LogP contribution < -0.4 is 24.8 Å². The van der Waals surface area contributed by atoms with Crippen molar-refractivity contribution in [3.05, 3.63) is 82.5 Å². The van der Waals surface area contributed by atoms with E-state index in [1.165, 1.54) is 6.07 Å². The second-order valence-corrected chi connectivity index (χ2v) is 8.42. The molecule has 7 nitrogen and oxygen atoms in total. The van der Waals surface area contributed by atoms with Gasteiger partial charge in [0.2, 0.25) is 0 Å². The minimum absolute atomic E-state index is 0.135. The number of ether oxygens (including phenoxy) is 3. The summed E-state index contributed by atoms with van der Waals surface area (Å²) >= 11 is 17.1. The summed E-state index contributed by atoms with van der Waals surface area (Å²) in [6.07, 6.45) is 1.66. The maximum atomic E-state index is 12.4. The molecule has 2 N–H and O–H groups in total.